The standard InChI is InChI=1S/C14H16ClF4N/c15-12-7-11(5-6-13(12)16)20-8-9-1-3-10(4-2-9)14(17,18)19/h5-7,9-10,20H,1-4,8H2. The molecule has 0 aromatic heterocycles. The lowest BCUT2D eigenvalue weighted by Gasteiger charge is -2.30. The lowest BCUT2D eigenvalue weighted by atomic mass is 9.81. The van der Waals surface area contributed by atoms with Gasteiger partial charge >= 0.3 is 6.18 Å². The third-order valence-electron chi connectivity index (χ3n) is 3.82. The molecule has 2 rings (SSSR count). The molecular weight excluding hydrogens is 294 g/mol. The molecule has 6 heteroatoms. The highest BCUT2D eigenvalue weighted by Crippen LogP contribution is 2.39. The largest absolute Gasteiger partial charge is 0.391 e. The van der Waals surface area contributed by atoms with Crippen LogP contribution in [0.4, 0.5) is 23.2 Å². The molecule has 0 heterocycles. The third-order valence-corrected chi connectivity index (χ3v) is 4.11. The highest BCUT2D eigenvalue weighted by molar-refractivity contribution is 6.31. The highest BCUT2D eigenvalue weighted by atomic mass is 35.5. The Balaban J connectivity index is 1.80. The summed E-state index contributed by atoms with van der Waals surface area (Å²) in [5.74, 6) is -1.42. The Bertz CT molecular complexity index is 453. The molecular formula is C14H16ClF4N. The molecule has 0 atom stereocenters. The fourth-order valence-corrected chi connectivity index (χ4v) is 2.74. The van der Waals surface area contributed by atoms with Gasteiger partial charge in [0.1, 0.15) is 5.82 Å². The van der Waals surface area contributed by atoms with Crippen LogP contribution < -0.4 is 5.32 Å². The quantitative estimate of drug-likeness (QED) is 0.751. The number of alkyl halides is 3. The first-order valence-corrected chi connectivity index (χ1v) is 6.99. The molecule has 20 heavy (non-hydrogen) atoms. The van der Waals surface area contributed by atoms with Crippen LogP contribution in [0.15, 0.2) is 18.2 Å². The van der Waals surface area contributed by atoms with Gasteiger partial charge in [0.05, 0.1) is 10.9 Å². The Morgan fingerprint density at radius 2 is 1.80 bits per heavy atom. The van der Waals surface area contributed by atoms with Crippen LogP contribution in [0.1, 0.15) is 25.7 Å². The molecule has 112 valence electrons. The SMILES string of the molecule is Fc1ccc(NCC2CCC(C(F)(F)F)CC2)cc1Cl. The summed E-state index contributed by atoms with van der Waals surface area (Å²) < 4.78 is 50.6. The van der Waals surface area contributed by atoms with Crippen LogP contribution in [-0.4, -0.2) is 12.7 Å². The van der Waals surface area contributed by atoms with Gasteiger partial charge in [0, 0.05) is 12.2 Å². The van der Waals surface area contributed by atoms with Gasteiger partial charge in [0.25, 0.3) is 0 Å². The molecule has 1 aliphatic carbocycles. The molecule has 0 radical (unpaired) electrons. The normalized spacial score (nSPS) is 23.6. The number of halogens is 5. The Labute approximate surface area is 120 Å². The van der Waals surface area contributed by atoms with Gasteiger partial charge in [-0.1, -0.05) is 11.6 Å². The second-order valence-corrected chi connectivity index (χ2v) is 5.68. The van der Waals surface area contributed by atoms with E-state index in [0.29, 0.717) is 25.1 Å². The summed E-state index contributed by atoms with van der Waals surface area (Å²) in [6.45, 7) is 0.590. The van der Waals surface area contributed by atoms with Crippen molar-refractivity contribution in [3.8, 4) is 0 Å². The zero-order valence-corrected chi connectivity index (χ0v) is 11.6. The van der Waals surface area contributed by atoms with Gasteiger partial charge in [-0.2, -0.15) is 13.2 Å². The maximum Gasteiger partial charge on any atom is 0.391 e. The van der Waals surface area contributed by atoms with E-state index in [1.54, 1.807) is 6.07 Å². The maximum atomic E-state index is 13.0. The molecule has 0 aliphatic heterocycles. The Hall–Kier alpha value is -0.970. The van der Waals surface area contributed by atoms with Crippen molar-refractivity contribution in [1.29, 1.82) is 0 Å². The molecule has 0 amide bonds. The summed E-state index contributed by atoms with van der Waals surface area (Å²) in [7, 11) is 0. The number of benzene rings is 1. The molecule has 1 saturated carbocycles. The fourth-order valence-electron chi connectivity index (χ4n) is 2.56. The minimum atomic E-state index is -4.07. The van der Waals surface area contributed by atoms with E-state index >= 15 is 0 Å². The minimum Gasteiger partial charge on any atom is -0.385 e. The zero-order valence-electron chi connectivity index (χ0n) is 10.8. The molecule has 0 spiro atoms. The van der Waals surface area contributed by atoms with Crippen LogP contribution >= 0.6 is 11.6 Å². The van der Waals surface area contributed by atoms with E-state index in [-0.39, 0.29) is 23.8 Å². The van der Waals surface area contributed by atoms with Gasteiger partial charge < -0.3 is 5.32 Å². The first-order valence-electron chi connectivity index (χ1n) is 6.62. The van der Waals surface area contributed by atoms with Crippen molar-refractivity contribution in [2.45, 2.75) is 31.9 Å². The van der Waals surface area contributed by atoms with Gasteiger partial charge in [0.2, 0.25) is 0 Å². The topological polar surface area (TPSA) is 12.0 Å². The molecule has 1 nitrogen and oxygen atoms in total. The van der Waals surface area contributed by atoms with Crippen molar-refractivity contribution >= 4 is 17.3 Å². The molecule has 1 N–H and O–H groups in total. The first kappa shape index (κ1) is 15.4. The summed E-state index contributed by atoms with van der Waals surface area (Å²) in [6.07, 6.45) is -2.55. The highest BCUT2D eigenvalue weighted by Gasteiger charge is 2.41. The molecule has 0 bridgehead atoms. The van der Waals surface area contributed by atoms with Crippen molar-refractivity contribution in [1.82, 2.24) is 0 Å². The number of hydrogen-bond donors (Lipinski definition) is 1. The van der Waals surface area contributed by atoms with Gasteiger partial charge in [-0.25, -0.2) is 4.39 Å². The Morgan fingerprint density at radius 3 is 2.35 bits per heavy atom. The van der Waals surface area contributed by atoms with Gasteiger partial charge in [0.15, 0.2) is 0 Å². The fraction of sp³-hybridized carbons (Fsp3) is 0.571. The van der Waals surface area contributed by atoms with Crippen LogP contribution in [0.3, 0.4) is 0 Å². The van der Waals surface area contributed by atoms with Gasteiger partial charge in [-0.3, -0.25) is 0 Å². The van der Waals surface area contributed by atoms with Crippen LogP contribution in [0.25, 0.3) is 0 Å². The number of anilines is 1. The van der Waals surface area contributed by atoms with Crippen molar-refractivity contribution in [2.24, 2.45) is 11.8 Å². The summed E-state index contributed by atoms with van der Waals surface area (Å²) >= 11 is 5.66. The summed E-state index contributed by atoms with van der Waals surface area (Å²) in [5.41, 5.74) is 0.689. The van der Waals surface area contributed by atoms with E-state index in [1.807, 2.05) is 0 Å². The minimum absolute atomic E-state index is 0.0378. The predicted octanol–water partition coefficient (Wildman–Crippen LogP) is 5.26. The zero-order chi connectivity index (χ0) is 14.8. The summed E-state index contributed by atoms with van der Waals surface area (Å²) in [5, 5.41) is 3.14. The van der Waals surface area contributed by atoms with Crippen LogP contribution in [0.2, 0.25) is 5.02 Å². The molecule has 1 aliphatic rings. The smallest absolute Gasteiger partial charge is 0.385 e. The van der Waals surface area contributed by atoms with Crippen LogP contribution in [0.5, 0.6) is 0 Å². The second-order valence-electron chi connectivity index (χ2n) is 5.27. The summed E-state index contributed by atoms with van der Waals surface area (Å²) in [6, 6.07) is 4.33. The Kier molecular flexibility index (Phi) is 4.78. The van der Waals surface area contributed by atoms with Crippen LogP contribution in [0, 0.1) is 17.7 Å². The molecule has 1 aromatic rings. The maximum absolute atomic E-state index is 13.0. The van der Waals surface area contributed by atoms with Crippen molar-refractivity contribution in [3.63, 3.8) is 0 Å². The average molecular weight is 310 g/mol. The van der Waals surface area contributed by atoms with E-state index in [2.05, 4.69) is 5.32 Å². The molecule has 1 fully saturated rings. The number of hydrogen-bond acceptors (Lipinski definition) is 1. The van der Waals surface area contributed by atoms with E-state index in [1.165, 1.54) is 12.1 Å². The van der Waals surface area contributed by atoms with E-state index in [4.69, 9.17) is 11.6 Å². The van der Waals surface area contributed by atoms with Crippen molar-refractivity contribution < 1.29 is 17.6 Å². The predicted molar refractivity (Wildman–Crippen MR) is 71.4 cm³/mol. The average Bonchev–Trinajstić information content (AvgIpc) is 2.40. The van der Waals surface area contributed by atoms with Crippen molar-refractivity contribution in [3.05, 3.63) is 29.0 Å². The monoisotopic (exact) mass is 309 g/mol. The van der Waals surface area contributed by atoms with Crippen LogP contribution in [-0.2, 0) is 0 Å². The van der Waals surface area contributed by atoms with Gasteiger partial charge in [-0.05, 0) is 49.8 Å². The lowest BCUT2D eigenvalue weighted by molar-refractivity contribution is -0.183. The Morgan fingerprint density at radius 1 is 1.15 bits per heavy atom. The van der Waals surface area contributed by atoms with E-state index in [0.717, 1.165) is 0 Å². The molecule has 1 aromatic carbocycles. The van der Waals surface area contributed by atoms with E-state index < -0.39 is 17.9 Å². The molecule has 0 saturated heterocycles. The van der Waals surface area contributed by atoms with Crippen molar-refractivity contribution in [2.75, 3.05) is 11.9 Å². The molecule has 0 unspecified atom stereocenters. The lowest BCUT2D eigenvalue weighted by Crippen LogP contribution is -2.29. The number of rotatable bonds is 3. The van der Waals surface area contributed by atoms with Gasteiger partial charge in [-0.15, -0.1) is 0 Å². The second kappa shape index (κ2) is 6.20. The first-order chi connectivity index (χ1) is 9.36. The summed E-state index contributed by atoms with van der Waals surface area (Å²) in [4.78, 5) is 0. The third kappa shape index (κ3) is 4.01. The van der Waals surface area contributed by atoms with E-state index in [9.17, 15) is 17.6 Å². The number of nitrogens with one attached hydrogen (secondary N) is 1.